The summed E-state index contributed by atoms with van der Waals surface area (Å²) in [6.07, 6.45) is 0. The molecule has 0 unspecified atom stereocenters. The van der Waals surface area contributed by atoms with Gasteiger partial charge in [-0.3, -0.25) is 0 Å². The Morgan fingerprint density at radius 2 is 0.448 bits per heavy atom. The number of hydrogen-bond acceptors (Lipinski definition) is 2. The van der Waals surface area contributed by atoms with Gasteiger partial charge >= 0.3 is 13.0 Å². The molecule has 0 saturated carbocycles. The number of fused-ring (bicyclic) bond motifs is 3. The lowest BCUT2D eigenvalue weighted by molar-refractivity contribution is 0.0433. The largest absolute Gasteiger partial charge is 0.636 e. The van der Waals surface area contributed by atoms with Gasteiger partial charge in [0.2, 0.25) is 34.9 Å². The molecule has 0 N–H and O–H groups in total. The fourth-order valence-corrected chi connectivity index (χ4v) is 6.64. The summed E-state index contributed by atoms with van der Waals surface area (Å²) in [6, 6.07) is 0. The van der Waals surface area contributed by atoms with Crippen LogP contribution in [-0.4, -0.2) is 7.12 Å². The highest BCUT2D eigenvalue weighted by Gasteiger charge is 2.58. The Morgan fingerprint density at radius 3 is 0.776 bits per heavy atom. The molecule has 0 aromatic heterocycles. The number of alkyl halides is 2. The minimum absolute atomic E-state index is 2.72. The summed E-state index contributed by atoms with van der Waals surface area (Å²) in [5, 5.41) is 0. The molecular weight excluding hydrogens is 1000 g/mol. The maximum absolute atomic E-state index is 16.4. The number of rotatable bonds is 7. The Balaban J connectivity index is 1.70. The molecule has 0 atom stereocenters. The summed E-state index contributed by atoms with van der Waals surface area (Å²) >= 11 is 0. The van der Waals surface area contributed by atoms with Crippen molar-refractivity contribution in [2.75, 3.05) is 0 Å². The van der Waals surface area contributed by atoms with Gasteiger partial charge in [-0.1, -0.05) is 0 Å². The molecule has 0 radical (unpaired) electrons. The Bertz CT molecular complexity index is 3050. The molecule has 0 heterocycles. The molecule has 6 aromatic carbocycles. The van der Waals surface area contributed by atoms with E-state index in [-0.39, 0.29) is 0 Å². The molecule has 0 amide bonds. The topological polar surface area (TPSA) is 18.5 Å². The van der Waals surface area contributed by atoms with Crippen LogP contribution in [0.3, 0.4) is 0 Å². The summed E-state index contributed by atoms with van der Waals surface area (Å²) in [5.74, 6) is -97.2. The first-order valence-corrected chi connectivity index (χ1v) is 16.5. The van der Waals surface area contributed by atoms with Gasteiger partial charge in [-0.2, -0.15) is 17.6 Å². The average Bonchev–Trinajstić information content (AvgIpc) is 3.54. The van der Waals surface area contributed by atoms with E-state index in [0.717, 1.165) is 0 Å². The van der Waals surface area contributed by atoms with E-state index in [1.54, 1.807) is 0 Å². The van der Waals surface area contributed by atoms with Crippen LogP contribution in [0.1, 0.15) is 11.1 Å². The van der Waals surface area contributed by atoms with Gasteiger partial charge in [0, 0.05) is 16.7 Å². The fourth-order valence-electron chi connectivity index (χ4n) is 6.64. The van der Waals surface area contributed by atoms with Crippen molar-refractivity contribution in [2.45, 2.75) is 5.92 Å². The second-order valence-corrected chi connectivity index (χ2v) is 13.1. The van der Waals surface area contributed by atoms with Crippen molar-refractivity contribution in [3.63, 3.8) is 0 Å². The van der Waals surface area contributed by atoms with Crippen LogP contribution in [0.5, 0.6) is 11.5 Å². The second kappa shape index (κ2) is 15.9. The van der Waals surface area contributed by atoms with Crippen molar-refractivity contribution in [2.24, 2.45) is 0 Å². The lowest BCUT2D eigenvalue weighted by Gasteiger charge is -2.26. The van der Waals surface area contributed by atoms with Crippen LogP contribution in [-0.2, 0) is 5.92 Å². The zero-order valence-electron chi connectivity index (χ0n) is 30.1. The van der Waals surface area contributed by atoms with Crippen LogP contribution in [0.15, 0.2) is 0 Å². The highest BCUT2D eigenvalue weighted by atomic mass is 19.3. The summed E-state index contributed by atoms with van der Waals surface area (Å²) in [4.78, 5) is 0. The lowest BCUT2D eigenvalue weighted by atomic mass is 9.72. The molecule has 0 bridgehead atoms. The summed E-state index contributed by atoms with van der Waals surface area (Å²) < 4.78 is 415. The zero-order chi connectivity index (χ0) is 50.3. The lowest BCUT2D eigenvalue weighted by Crippen LogP contribution is -2.49. The SMILES string of the molecule is Fc1c(F)c(F)c(-c2c(F)c(F)c(F)c(F)c2OB(Oc2c(F)c(F)c(F)c(F)c2-c2c(F)c(F)c(F)c(F)c2F)c2c(F)c(F)c(F)c3c2C(F)(F)c2c(F)c(F)c(F)c(F)c2-3)c(F)c1F. The zero-order valence-corrected chi connectivity index (χ0v) is 30.1. The van der Waals surface area contributed by atoms with Gasteiger partial charge in [-0.25, -0.2) is 101 Å². The maximum atomic E-state index is 16.4. The predicted octanol–water partition coefficient (Wildman–Crippen LogP) is 12.5. The van der Waals surface area contributed by atoms with Gasteiger partial charge in [-0.05, 0) is 0 Å². The normalized spacial score (nSPS) is 12.8. The Kier molecular flexibility index (Phi) is 11.4. The Hall–Kier alpha value is -6.91. The highest BCUT2D eigenvalue weighted by Crippen LogP contribution is 2.55. The molecule has 0 spiro atoms. The molecule has 0 saturated heterocycles. The summed E-state index contributed by atoms with van der Waals surface area (Å²) in [7, 11) is -4.90. The maximum Gasteiger partial charge on any atom is 0.636 e. The predicted molar refractivity (Wildman–Crippen MR) is 164 cm³/mol. The molecular formula is C37BF27O2. The molecule has 67 heavy (non-hydrogen) atoms. The van der Waals surface area contributed by atoms with Crippen molar-refractivity contribution in [3.05, 3.63) is 157 Å². The van der Waals surface area contributed by atoms with Crippen LogP contribution >= 0.6 is 0 Å². The minimum Gasteiger partial charge on any atom is -0.519 e. The van der Waals surface area contributed by atoms with E-state index >= 15 is 65.9 Å². The molecule has 352 valence electrons. The van der Waals surface area contributed by atoms with Crippen LogP contribution in [0.25, 0.3) is 33.4 Å². The van der Waals surface area contributed by atoms with E-state index in [4.69, 9.17) is 0 Å². The first-order chi connectivity index (χ1) is 31.0. The van der Waals surface area contributed by atoms with Gasteiger partial charge in [0.1, 0.15) is 0 Å². The average molecular weight is 1000 g/mol. The Labute approximate surface area is 348 Å². The molecule has 7 rings (SSSR count). The van der Waals surface area contributed by atoms with E-state index in [1.807, 2.05) is 0 Å². The van der Waals surface area contributed by atoms with E-state index < -0.39 is 220 Å². The number of benzene rings is 6. The van der Waals surface area contributed by atoms with E-state index in [2.05, 4.69) is 9.31 Å². The van der Waals surface area contributed by atoms with Gasteiger partial charge in [0.15, 0.2) is 122 Å². The van der Waals surface area contributed by atoms with Crippen molar-refractivity contribution < 1.29 is 128 Å². The van der Waals surface area contributed by atoms with Crippen molar-refractivity contribution in [1.29, 1.82) is 0 Å². The first-order valence-electron chi connectivity index (χ1n) is 16.5. The van der Waals surface area contributed by atoms with Gasteiger partial charge in [0.05, 0.1) is 33.3 Å². The first kappa shape index (κ1) is 48.0. The standard InChI is InChI=1S/C37BF27O2/c39-10-1-2-8(18(47)28(57)21(50)11(2)40)37(64,65)7(1)9(19(48)20(10)49)38(66-35-5(16(45)26(55)31(60)33(35)62)3-12(41)22(51)29(58)23(52)13(3)42)67-36-6(17(46)27(56)32(61)34(36)63)4-14(43)24(53)30(59)25(54)15(4)44. The van der Waals surface area contributed by atoms with Crippen molar-refractivity contribution in [3.8, 4) is 44.9 Å². The third kappa shape index (κ3) is 6.43. The molecule has 1 aliphatic rings. The summed E-state index contributed by atoms with van der Waals surface area (Å²) in [5.41, 5.74) is -27.5. The highest BCUT2D eigenvalue weighted by molar-refractivity contribution is 6.64. The van der Waals surface area contributed by atoms with Crippen LogP contribution < -0.4 is 14.8 Å². The Morgan fingerprint density at radius 1 is 0.224 bits per heavy atom. The van der Waals surface area contributed by atoms with Gasteiger partial charge in [0.25, 0.3) is 0 Å². The monoisotopic (exact) mass is 1000 g/mol. The van der Waals surface area contributed by atoms with Gasteiger partial charge in [-0.15, -0.1) is 0 Å². The second-order valence-electron chi connectivity index (χ2n) is 13.1. The van der Waals surface area contributed by atoms with E-state index in [9.17, 15) is 52.7 Å². The molecule has 1 aliphatic carbocycles. The number of halogens is 27. The van der Waals surface area contributed by atoms with E-state index in [0.29, 0.717) is 0 Å². The van der Waals surface area contributed by atoms with Crippen LogP contribution in [0.2, 0.25) is 0 Å². The van der Waals surface area contributed by atoms with Crippen LogP contribution in [0, 0.1) is 145 Å². The molecule has 30 heteroatoms. The molecule has 0 aliphatic heterocycles. The number of hydrogen-bond donors (Lipinski definition) is 0. The van der Waals surface area contributed by atoms with Gasteiger partial charge < -0.3 is 9.31 Å². The third-order valence-corrected chi connectivity index (χ3v) is 9.56. The van der Waals surface area contributed by atoms with E-state index in [1.165, 1.54) is 0 Å². The third-order valence-electron chi connectivity index (χ3n) is 9.56. The molecule has 0 fully saturated rings. The summed E-state index contributed by atoms with van der Waals surface area (Å²) in [6.45, 7) is 0. The van der Waals surface area contributed by atoms with Crippen molar-refractivity contribution in [1.82, 2.24) is 0 Å². The fraction of sp³-hybridized carbons (Fsp3) is 0.0270. The molecule has 6 aromatic rings. The quantitative estimate of drug-likeness (QED) is 0.0687. The van der Waals surface area contributed by atoms with Crippen molar-refractivity contribution >= 4 is 12.6 Å². The smallest absolute Gasteiger partial charge is 0.519 e. The molecule has 2 nitrogen and oxygen atoms in total. The van der Waals surface area contributed by atoms with Crippen LogP contribution in [0.4, 0.5) is 119 Å². The minimum atomic E-state index is -6.13.